The normalized spacial score (nSPS) is 12.0. The van der Waals surface area contributed by atoms with Gasteiger partial charge in [0.2, 0.25) is 11.8 Å². The Morgan fingerprint density at radius 2 is 1.50 bits per heavy atom. The van der Waals surface area contributed by atoms with Crippen molar-refractivity contribution in [2.24, 2.45) is 0 Å². The zero-order valence-corrected chi connectivity index (χ0v) is 24.0. The summed E-state index contributed by atoms with van der Waals surface area (Å²) in [6.07, 6.45) is 0.728. The lowest BCUT2D eigenvalue weighted by atomic mass is 10.1. The lowest BCUT2D eigenvalue weighted by Crippen LogP contribution is -2.51. The number of hydrogen-bond donors (Lipinski definition) is 1. The van der Waals surface area contributed by atoms with Gasteiger partial charge in [0.15, 0.2) is 0 Å². The van der Waals surface area contributed by atoms with Crippen LogP contribution in [0.25, 0.3) is 0 Å². The Balaban J connectivity index is 2.01. The summed E-state index contributed by atoms with van der Waals surface area (Å²) in [6.45, 7) is 3.49. The molecule has 0 heterocycles. The van der Waals surface area contributed by atoms with Gasteiger partial charge in [0.25, 0.3) is 10.0 Å². The fraction of sp³-hybridized carbons (Fsp3) is 0.259. The van der Waals surface area contributed by atoms with Crippen molar-refractivity contribution in [3.05, 3.63) is 93.4 Å². The molecule has 7 nitrogen and oxygen atoms in total. The highest BCUT2D eigenvalue weighted by Crippen LogP contribution is 2.27. The van der Waals surface area contributed by atoms with Gasteiger partial charge < -0.3 is 10.2 Å². The van der Waals surface area contributed by atoms with Crippen LogP contribution in [0.5, 0.6) is 0 Å². The first kappa shape index (κ1) is 29.8. The summed E-state index contributed by atoms with van der Waals surface area (Å²) >= 11 is 18.1. The van der Waals surface area contributed by atoms with Crippen LogP contribution in [0, 0.1) is 0 Å². The molecule has 11 heteroatoms. The molecule has 0 aliphatic carbocycles. The van der Waals surface area contributed by atoms with E-state index in [1.54, 1.807) is 49.4 Å². The number of carbonyl (C=O) groups is 2. The summed E-state index contributed by atoms with van der Waals surface area (Å²) in [4.78, 5) is 28.0. The monoisotopic (exact) mass is 595 g/mol. The number of sulfonamides is 1. The van der Waals surface area contributed by atoms with Gasteiger partial charge in [-0.25, -0.2) is 8.42 Å². The summed E-state index contributed by atoms with van der Waals surface area (Å²) in [6, 6.07) is 17.9. The summed E-state index contributed by atoms with van der Waals surface area (Å²) in [7, 11) is -4.20. The van der Waals surface area contributed by atoms with Gasteiger partial charge in [-0.05, 0) is 73.5 Å². The molecule has 0 aromatic heterocycles. The average Bonchev–Trinajstić information content (AvgIpc) is 2.89. The van der Waals surface area contributed by atoms with Gasteiger partial charge in [-0.2, -0.15) is 0 Å². The Labute approximate surface area is 238 Å². The Bertz CT molecular complexity index is 1370. The topological polar surface area (TPSA) is 86.8 Å². The number of anilines is 1. The Kier molecular flexibility index (Phi) is 10.4. The minimum absolute atomic E-state index is 0.0485. The predicted molar refractivity (Wildman–Crippen MR) is 152 cm³/mol. The highest BCUT2D eigenvalue weighted by atomic mass is 35.5. The SMILES string of the molecule is CCCNC(=O)C(C)N(Cc1ccc(Cl)cc1)C(=O)CN(c1cccc(Cl)c1)S(=O)(=O)c1ccc(Cl)cc1. The number of hydrogen-bond acceptors (Lipinski definition) is 4. The third-order valence-corrected chi connectivity index (χ3v) is 8.29. The number of benzene rings is 3. The van der Waals surface area contributed by atoms with Crippen molar-refractivity contribution >= 4 is 62.3 Å². The minimum atomic E-state index is -4.20. The van der Waals surface area contributed by atoms with Gasteiger partial charge in [0.05, 0.1) is 10.6 Å². The van der Waals surface area contributed by atoms with E-state index in [0.29, 0.717) is 21.6 Å². The second-order valence-electron chi connectivity index (χ2n) is 8.56. The molecule has 0 fully saturated rings. The molecule has 202 valence electrons. The first-order valence-electron chi connectivity index (χ1n) is 11.9. The van der Waals surface area contributed by atoms with Crippen LogP contribution in [0.4, 0.5) is 5.69 Å². The average molecular weight is 597 g/mol. The molecule has 2 amide bonds. The summed E-state index contributed by atoms with van der Waals surface area (Å²) in [5, 5.41) is 4.00. The predicted octanol–water partition coefficient (Wildman–Crippen LogP) is 5.79. The largest absolute Gasteiger partial charge is 0.354 e. The summed E-state index contributed by atoms with van der Waals surface area (Å²) < 4.78 is 28.4. The number of rotatable bonds is 11. The van der Waals surface area contributed by atoms with Crippen molar-refractivity contribution < 1.29 is 18.0 Å². The van der Waals surface area contributed by atoms with Gasteiger partial charge in [-0.3, -0.25) is 13.9 Å². The zero-order chi connectivity index (χ0) is 27.9. The fourth-order valence-corrected chi connectivity index (χ4v) is 5.50. The summed E-state index contributed by atoms with van der Waals surface area (Å²) in [5.74, 6) is -0.916. The van der Waals surface area contributed by atoms with Gasteiger partial charge in [0, 0.05) is 28.2 Å². The molecule has 0 saturated heterocycles. The van der Waals surface area contributed by atoms with E-state index in [2.05, 4.69) is 5.32 Å². The van der Waals surface area contributed by atoms with Gasteiger partial charge in [-0.1, -0.05) is 59.9 Å². The molecule has 38 heavy (non-hydrogen) atoms. The molecule has 0 radical (unpaired) electrons. The lowest BCUT2D eigenvalue weighted by molar-refractivity contribution is -0.139. The number of nitrogens with one attached hydrogen (secondary N) is 1. The van der Waals surface area contributed by atoms with Crippen LogP contribution in [0.15, 0.2) is 77.7 Å². The Morgan fingerprint density at radius 3 is 2.08 bits per heavy atom. The standard InChI is InChI=1S/C27H28Cl3N3O4S/c1-3-15-31-27(35)19(2)32(17-20-7-9-21(28)10-8-20)26(34)18-33(24-6-4-5-23(30)16-24)38(36,37)25-13-11-22(29)12-14-25/h4-14,16,19H,3,15,17-18H2,1-2H3,(H,31,35). The molecule has 0 bridgehead atoms. The van der Waals surface area contributed by atoms with E-state index in [1.165, 1.54) is 35.2 Å². The lowest BCUT2D eigenvalue weighted by Gasteiger charge is -2.32. The maximum Gasteiger partial charge on any atom is 0.264 e. The smallest absolute Gasteiger partial charge is 0.264 e. The molecule has 3 rings (SSSR count). The second-order valence-corrected chi connectivity index (χ2v) is 11.7. The van der Waals surface area contributed by atoms with Crippen molar-refractivity contribution in [3.63, 3.8) is 0 Å². The molecule has 3 aromatic rings. The van der Waals surface area contributed by atoms with Gasteiger partial charge in [-0.15, -0.1) is 0 Å². The van der Waals surface area contributed by atoms with E-state index >= 15 is 0 Å². The first-order valence-corrected chi connectivity index (χ1v) is 14.5. The molecular formula is C27H28Cl3N3O4S. The van der Waals surface area contributed by atoms with Gasteiger partial charge in [0.1, 0.15) is 12.6 Å². The highest BCUT2D eigenvalue weighted by Gasteiger charge is 2.32. The van der Waals surface area contributed by atoms with Crippen LogP contribution in [0.3, 0.4) is 0 Å². The molecule has 0 spiro atoms. The molecule has 0 aliphatic rings. The Hall–Kier alpha value is -2.78. The number of carbonyl (C=O) groups excluding carboxylic acids is 2. The highest BCUT2D eigenvalue weighted by molar-refractivity contribution is 7.92. The van der Waals surface area contributed by atoms with Crippen LogP contribution in [-0.4, -0.2) is 44.3 Å². The molecule has 1 atom stereocenters. The third-order valence-electron chi connectivity index (χ3n) is 5.76. The number of nitrogens with zero attached hydrogens (tertiary/aromatic N) is 2. The maximum absolute atomic E-state index is 13.8. The van der Waals surface area contributed by atoms with Crippen molar-refractivity contribution in [3.8, 4) is 0 Å². The van der Waals surface area contributed by atoms with E-state index in [-0.39, 0.29) is 23.0 Å². The molecular weight excluding hydrogens is 569 g/mol. The van der Waals surface area contributed by atoms with Crippen LogP contribution in [-0.2, 0) is 26.2 Å². The van der Waals surface area contributed by atoms with Crippen LogP contribution >= 0.6 is 34.8 Å². The van der Waals surface area contributed by atoms with Crippen LogP contribution < -0.4 is 9.62 Å². The van der Waals surface area contributed by atoms with E-state index in [1.807, 2.05) is 6.92 Å². The Morgan fingerprint density at radius 1 is 0.895 bits per heavy atom. The number of amides is 2. The zero-order valence-electron chi connectivity index (χ0n) is 20.9. The molecule has 3 aromatic carbocycles. The second kappa shape index (κ2) is 13.3. The molecule has 1 N–H and O–H groups in total. The van der Waals surface area contributed by atoms with Crippen molar-refractivity contribution in [1.29, 1.82) is 0 Å². The van der Waals surface area contributed by atoms with Crippen molar-refractivity contribution in [1.82, 2.24) is 10.2 Å². The molecule has 0 aliphatic heterocycles. The van der Waals surface area contributed by atoms with Crippen LogP contribution in [0.2, 0.25) is 15.1 Å². The third kappa shape index (κ3) is 7.63. The number of halogens is 3. The van der Waals surface area contributed by atoms with E-state index < -0.39 is 28.5 Å². The van der Waals surface area contributed by atoms with Crippen molar-refractivity contribution in [2.75, 3.05) is 17.4 Å². The minimum Gasteiger partial charge on any atom is -0.354 e. The molecule has 1 unspecified atom stereocenters. The maximum atomic E-state index is 13.8. The quantitative estimate of drug-likeness (QED) is 0.304. The first-order chi connectivity index (χ1) is 18.0. The van der Waals surface area contributed by atoms with E-state index in [0.717, 1.165) is 16.3 Å². The summed E-state index contributed by atoms with van der Waals surface area (Å²) in [5.41, 5.74) is 0.933. The van der Waals surface area contributed by atoms with E-state index in [4.69, 9.17) is 34.8 Å². The van der Waals surface area contributed by atoms with E-state index in [9.17, 15) is 18.0 Å². The van der Waals surface area contributed by atoms with Gasteiger partial charge >= 0.3 is 0 Å². The van der Waals surface area contributed by atoms with Crippen LogP contribution in [0.1, 0.15) is 25.8 Å². The molecule has 0 saturated carbocycles. The van der Waals surface area contributed by atoms with Crippen molar-refractivity contribution in [2.45, 2.75) is 37.8 Å². The fourth-order valence-electron chi connectivity index (χ4n) is 3.66.